The molecule has 0 aliphatic carbocycles. The molecule has 0 heterocycles. The average molecular weight is 298 g/mol. The van der Waals surface area contributed by atoms with E-state index in [1.807, 2.05) is 62.5 Å². The Morgan fingerprint density at radius 1 is 1.18 bits per heavy atom. The summed E-state index contributed by atoms with van der Waals surface area (Å²) in [6.45, 7) is 2.55. The number of anilines is 1. The molecular weight excluding hydrogens is 276 g/mol. The first-order valence-corrected chi connectivity index (χ1v) is 7.34. The van der Waals surface area contributed by atoms with Crippen molar-refractivity contribution >= 4 is 11.6 Å². The third-order valence-corrected chi connectivity index (χ3v) is 3.51. The van der Waals surface area contributed by atoms with Crippen LogP contribution in [0.4, 0.5) is 5.69 Å². The van der Waals surface area contributed by atoms with Crippen molar-refractivity contribution in [3.8, 4) is 16.9 Å². The fraction of sp³-hybridized carbons (Fsp3) is 0.278. The molecule has 0 aliphatic rings. The number of hydrogen-bond donors (Lipinski definition) is 2. The molecule has 0 bridgehead atoms. The molecule has 0 saturated heterocycles. The highest BCUT2D eigenvalue weighted by atomic mass is 16.5. The molecular formula is C18H22N2O2. The van der Waals surface area contributed by atoms with Gasteiger partial charge in [-0.15, -0.1) is 0 Å². The van der Waals surface area contributed by atoms with Crippen LogP contribution in [0.5, 0.6) is 5.75 Å². The van der Waals surface area contributed by atoms with Crippen molar-refractivity contribution in [3.63, 3.8) is 0 Å². The van der Waals surface area contributed by atoms with E-state index in [9.17, 15) is 4.79 Å². The quantitative estimate of drug-likeness (QED) is 0.861. The second kappa shape index (κ2) is 7.61. The number of methoxy groups -OCH3 is 1. The largest absolute Gasteiger partial charge is 0.496 e. The van der Waals surface area contributed by atoms with Crippen LogP contribution in [0.25, 0.3) is 11.1 Å². The lowest BCUT2D eigenvalue weighted by molar-refractivity contribution is -0.119. The molecule has 0 aromatic heterocycles. The number of ether oxygens (including phenoxy) is 1. The van der Waals surface area contributed by atoms with Gasteiger partial charge in [-0.2, -0.15) is 0 Å². The van der Waals surface area contributed by atoms with Gasteiger partial charge >= 0.3 is 0 Å². The highest BCUT2D eigenvalue weighted by molar-refractivity contribution is 5.93. The van der Waals surface area contributed by atoms with Crippen LogP contribution in [0, 0.1) is 5.92 Å². The SMILES string of the molecule is CNCC(C)C(=O)Nc1cccc(-c2ccccc2OC)c1. The van der Waals surface area contributed by atoms with Crippen molar-refractivity contribution in [3.05, 3.63) is 48.5 Å². The van der Waals surface area contributed by atoms with E-state index in [1.54, 1.807) is 7.11 Å². The molecule has 2 aromatic rings. The predicted molar refractivity (Wildman–Crippen MR) is 90.2 cm³/mol. The van der Waals surface area contributed by atoms with Crippen molar-refractivity contribution in [2.75, 3.05) is 26.0 Å². The van der Waals surface area contributed by atoms with Gasteiger partial charge in [0.05, 0.1) is 7.11 Å². The maximum Gasteiger partial charge on any atom is 0.228 e. The van der Waals surface area contributed by atoms with Gasteiger partial charge in [0.15, 0.2) is 0 Å². The summed E-state index contributed by atoms with van der Waals surface area (Å²) in [4.78, 5) is 12.1. The van der Waals surface area contributed by atoms with Crippen LogP contribution in [0.3, 0.4) is 0 Å². The molecule has 2 aromatic carbocycles. The lowest BCUT2D eigenvalue weighted by Crippen LogP contribution is -2.28. The zero-order chi connectivity index (χ0) is 15.9. The molecule has 2 N–H and O–H groups in total. The molecule has 1 amide bonds. The molecule has 4 heteroatoms. The van der Waals surface area contributed by atoms with E-state index >= 15 is 0 Å². The molecule has 1 atom stereocenters. The number of rotatable bonds is 6. The molecule has 0 saturated carbocycles. The zero-order valence-corrected chi connectivity index (χ0v) is 13.2. The van der Waals surface area contributed by atoms with Gasteiger partial charge < -0.3 is 15.4 Å². The molecule has 1 unspecified atom stereocenters. The number of nitrogens with one attached hydrogen (secondary N) is 2. The fourth-order valence-corrected chi connectivity index (χ4v) is 2.31. The second-order valence-corrected chi connectivity index (χ2v) is 5.23. The van der Waals surface area contributed by atoms with E-state index in [1.165, 1.54) is 0 Å². The molecule has 0 fully saturated rings. The van der Waals surface area contributed by atoms with E-state index < -0.39 is 0 Å². The molecule has 0 spiro atoms. The standard InChI is InChI=1S/C18H22N2O2/c1-13(12-19-2)18(21)20-15-8-6-7-14(11-15)16-9-4-5-10-17(16)22-3/h4-11,13,19H,12H2,1-3H3,(H,20,21). The van der Waals surface area contributed by atoms with Gasteiger partial charge in [-0.25, -0.2) is 0 Å². The highest BCUT2D eigenvalue weighted by Gasteiger charge is 2.12. The fourth-order valence-electron chi connectivity index (χ4n) is 2.31. The van der Waals surface area contributed by atoms with Crippen LogP contribution >= 0.6 is 0 Å². The van der Waals surface area contributed by atoms with Crippen LogP contribution in [-0.4, -0.2) is 26.6 Å². The molecule has 2 rings (SSSR count). The first kappa shape index (κ1) is 16.0. The number of benzene rings is 2. The van der Waals surface area contributed by atoms with Crippen molar-refractivity contribution in [1.29, 1.82) is 0 Å². The van der Waals surface area contributed by atoms with E-state index in [-0.39, 0.29) is 11.8 Å². The Bertz CT molecular complexity index is 640. The minimum Gasteiger partial charge on any atom is -0.496 e. The number of carbonyl (C=O) groups is 1. The first-order chi connectivity index (χ1) is 10.7. The van der Waals surface area contributed by atoms with E-state index in [0.29, 0.717) is 6.54 Å². The van der Waals surface area contributed by atoms with Crippen LogP contribution in [-0.2, 0) is 4.79 Å². The maximum absolute atomic E-state index is 12.1. The van der Waals surface area contributed by atoms with Crippen molar-refractivity contribution < 1.29 is 9.53 Å². The van der Waals surface area contributed by atoms with Crippen LogP contribution in [0.2, 0.25) is 0 Å². The van der Waals surface area contributed by atoms with Crippen molar-refractivity contribution in [2.45, 2.75) is 6.92 Å². The third-order valence-electron chi connectivity index (χ3n) is 3.51. The van der Waals surface area contributed by atoms with Gasteiger partial charge in [-0.3, -0.25) is 4.79 Å². The predicted octanol–water partition coefficient (Wildman–Crippen LogP) is 3.16. The molecule has 0 radical (unpaired) electrons. The van der Waals surface area contributed by atoms with Crippen molar-refractivity contribution in [2.24, 2.45) is 5.92 Å². The van der Waals surface area contributed by atoms with Gasteiger partial charge in [0, 0.05) is 23.7 Å². The summed E-state index contributed by atoms with van der Waals surface area (Å²) in [6.07, 6.45) is 0. The van der Waals surface area contributed by atoms with Crippen LogP contribution in [0.1, 0.15) is 6.92 Å². The summed E-state index contributed by atoms with van der Waals surface area (Å²) in [5, 5.41) is 5.96. The van der Waals surface area contributed by atoms with Gasteiger partial charge in [0.2, 0.25) is 5.91 Å². The molecule has 4 nitrogen and oxygen atoms in total. The Labute approximate surface area is 131 Å². The number of hydrogen-bond acceptors (Lipinski definition) is 3. The zero-order valence-electron chi connectivity index (χ0n) is 13.2. The van der Waals surface area contributed by atoms with Crippen LogP contribution in [0.15, 0.2) is 48.5 Å². The number of carbonyl (C=O) groups excluding carboxylic acids is 1. The van der Waals surface area contributed by atoms with Crippen LogP contribution < -0.4 is 15.4 Å². The summed E-state index contributed by atoms with van der Waals surface area (Å²) in [5.41, 5.74) is 2.80. The molecule has 22 heavy (non-hydrogen) atoms. The summed E-state index contributed by atoms with van der Waals surface area (Å²) < 4.78 is 5.40. The molecule has 116 valence electrons. The summed E-state index contributed by atoms with van der Waals surface area (Å²) in [5.74, 6) is 0.737. The molecule has 0 aliphatic heterocycles. The lowest BCUT2D eigenvalue weighted by atomic mass is 10.0. The van der Waals surface area contributed by atoms with Gasteiger partial charge in [-0.05, 0) is 30.8 Å². The van der Waals surface area contributed by atoms with Gasteiger partial charge in [0.1, 0.15) is 5.75 Å². The second-order valence-electron chi connectivity index (χ2n) is 5.23. The van der Waals surface area contributed by atoms with Gasteiger partial charge in [-0.1, -0.05) is 37.3 Å². The van der Waals surface area contributed by atoms with Gasteiger partial charge in [0.25, 0.3) is 0 Å². The Hall–Kier alpha value is -2.33. The lowest BCUT2D eigenvalue weighted by Gasteiger charge is -2.13. The normalized spacial score (nSPS) is 11.8. The first-order valence-electron chi connectivity index (χ1n) is 7.34. The van der Waals surface area contributed by atoms with E-state index in [0.717, 1.165) is 22.6 Å². The Kier molecular flexibility index (Phi) is 5.55. The summed E-state index contributed by atoms with van der Waals surface area (Å²) in [6, 6.07) is 15.6. The maximum atomic E-state index is 12.1. The highest BCUT2D eigenvalue weighted by Crippen LogP contribution is 2.31. The van der Waals surface area contributed by atoms with E-state index in [4.69, 9.17) is 4.74 Å². The smallest absolute Gasteiger partial charge is 0.228 e. The average Bonchev–Trinajstić information content (AvgIpc) is 2.55. The summed E-state index contributed by atoms with van der Waals surface area (Å²) in [7, 11) is 3.50. The Balaban J connectivity index is 2.22. The minimum atomic E-state index is -0.0834. The third kappa shape index (κ3) is 3.86. The Morgan fingerprint density at radius 2 is 1.95 bits per heavy atom. The van der Waals surface area contributed by atoms with E-state index in [2.05, 4.69) is 10.6 Å². The van der Waals surface area contributed by atoms with Crippen molar-refractivity contribution in [1.82, 2.24) is 5.32 Å². The topological polar surface area (TPSA) is 50.4 Å². The Morgan fingerprint density at radius 3 is 2.68 bits per heavy atom. The summed E-state index contributed by atoms with van der Waals surface area (Å²) >= 11 is 0. The number of amides is 1. The number of para-hydroxylation sites is 1. The monoisotopic (exact) mass is 298 g/mol. The minimum absolute atomic E-state index is 0.00604.